The summed E-state index contributed by atoms with van der Waals surface area (Å²) in [5.41, 5.74) is 0.974. The molecule has 0 saturated carbocycles. The molecule has 1 amide bonds. The number of anilines is 1. The fraction of sp³-hybridized carbons (Fsp3) is 0.467. The predicted molar refractivity (Wildman–Crippen MR) is 77.1 cm³/mol. The smallest absolute Gasteiger partial charge is 0.338 e. The van der Waals surface area contributed by atoms with E-state index >= 15 is 0 Å². The summed E-state index contributed by atoms with van der Waals surface area (Å²) in [5.74, 6) is -0.000248. The second-order valence-electron chi connectivity index (χ2n) is 4.16. The summed E-state index contributed by atoms with van der Waals surface area (Å²) in [6.07, 6.45) is 1.22. The van der Waals surface area contributed by atoms with E-state index in [0.717, 1.165) is 6.42 Å². The molecule has 0 radical (unpaired) electrons. The van der Waals surface area contributed by atoms with Gasteiger partial charge in [0.2, 0.25) is 5.91 Å². The lowest BCUT2D eigenvalue weighted by Gasteiger charge is -2.12. The van der Waals surface area contributed by atoms with E-state index < -0.39 is 5.97 Å². The molecule has 0 unspecified atom stereocenters. The van der Waals surface area contributed by atoms with Gasteiger partial charge in [-0.3, -0.25) is 4.79 Å². The third-order valence-corrected chi connectivity index (χ3v) is 2.54. The summed E-state index contributed by atoms with van der Waals surface area (Å²) in [5, 5.41) is 2.78. The number of hydrogen-bond acceptors (Lipinski definition) is 4. The molecule has 1 aromatic rings. The van der Waals surface area contributed by atoms with Crippen molar-refractivity contribution in [3.8, 4) is 5.75 Å². The van der Waals surface area contributed by atoms with Crippen LogP contribution < -0.4 is 10.1 Å². The Morgan fingerprint density at radius 2 is 1.90 bits per heavy atom. The van der Waals surface area contributed by atoms with Gasteiger partial charge in [0.25, 0.3) is 0 Å². The first kappa shape index (κ1) is 16.0. The van der Waals surface area contributed by atoms with Crippen LogP contribution >= 0.6 is 0 Å². The topological polar surface area (TPSA) is 64.6 Å². The molecular weight excluding hydrogens is 258 g/mol. The summed E-state index contributed by atoms with van der Waals surface area (Å²) in [4.78, 5) is 23.3. The number of nitrogens with one attached hydrogen (secondary N) is 1. The lowest BCUT2D eigenvalue weighted by Crippen LogP contribution is -2.13. The normalized spacial score (nSPS) is 9.95. The molecule has 0 heterocycles. The molecule has 1 N–H and O–H groups in total. The van der Waals surface area contributed by atoms with Gasteiger partial charge >= 0.3 is 5.97 Å². The van der Waals surface area contributed by atoms with Crippen LogP contribution in [-0.4, -0.2) is 25.1 Å². The van der Waals surface area contributed by atoms with Crippen LogP contribution in [0.4, 0.5) is 5.69 Å². The van der Waals surface area contributed by atoms with E-state index in [1.807, 2.05) is 13.8 Å². The monoisotopic (exact) mass is 279 g/mol. The number of benzene rings is 1. The summed E-state index contributed by atoms with van der Waals surface area (Å²) in [6.45, 7) is 6.29. The minimum atomic E-state index is -0.403. The van der Waals surface area contributed by atoms with Crippen LogP contribution in [0.3, 0.4) is 0 Å². The molecule has 5 nitrogen and oxygen atoms in total. The van der Waals surface area contributed by atoms with Crippen molar-refractivity contribution in [1.82, 2.24) is 0 Å². The molecule has 20 heavy (non-hydrogen) atoms. The molecule has 0 fully saturated rings. The van der Waals surface area contributed by atoms with Crippen LogP contribution in [0.5, 0.6) is 5.75 Å². The van der Waals surface area contributed by atoms with Crippen molar-refractivity contribution in [3.05, 3.63) is 23.8 Å². The Labute approximate surface area is 119 Å². The van der Waals surface area contributed by atoms with Gasteiger partial charge in [-0.25, -0.2) is 4.79 Å². The first-order chi connectivity index (χ1) is 9.62. The molecule has 0 aliphatic heterocycles. The highest BCUT2D eigenvalue weighted by molar-refractivity contribution is 5.95. The van der Waals surface area contributed by atoms with E-state index in [-0.39, 0.29) is 5.91 Å². The number of esters is 1. The van der Waals surface area contributed by atoms with Gasteiger partial charge in [0.1, 0.15) is 5.75 Å². The maximum Gasteiger partial charge on any atom is 0.338 e. The number of rotatable bonds is 7. The SMILES string of the molecule is CCCC(=O)Nc1ccc(C(=O)OCC)cc1OCC. The van der Waals surface area contributed by atoms with E-state index in [1.165, 1.54) is 0 Å². The highest BCUT2D eigenvalue weighted by Crippen LogP contribution is 2.26. The average Bonchev–Trinajstić information content (AvgIpc) is 2.41. The van der Waals surface area contributed by atoms with Gasteiger partial charge < -0.3 is 14.8 Å². The number of carbonyl (C=O) groups excluding carboxylic acids is 2. The van der Waals surface area contributed by atoms with Crippen LogP contribution in [0.25, 0.3) is 0 Å². The Bertz CT molecular complexity index is 471. The summed E-state index contributed by atoms with van der Waals surface area (Å²) >= 11 is 0. The molecule has 0 bridgehead atoms. The third kappa shape index (κ3) is 4.57. The van der Waals surface area contributed by atoms with E-state index in [9.17, 15) is 9.59 Å². The quantitative estimate of drug-likeness (QED) is 0.779. The van der Waals surface area contributed by atoms with E-state index in [0.29, 0.717) is 36.6 Å². The molecule has 110 valence electrons. The van der Waals surface area contributed by atoms with E-state index in [1.54, 1.807) is 25.1 Å². The van der Waals surface area contributed by atoms with E-state index in [2.05, 4.69) is 5.32 Å². The van der Waals surface area contributed by atoms with Crippen molar-refractivity contribution >= 4 is 17.6 Å². The average molecular weight is 279 g/mol. The fourth-order valence-corrected chi connectivity index (χ4v) is 1.68. The first-order valence-corrected chi connectivity index (χ1v) is 6.86. The zero-order valence-corrected chi connectivity index (χ0v) is 12.2. The van der Waals surface area contributed by atoms with Crippen molar-refractivity contribution in [3.63, 3.8) is 0 Å². The molecule has 0 aliphatic rings. The minimum Gasteiger partial charge on any atom is -0.492 e. The van der Waals surface area contributed by atoms with Gasteiger partial charge in [0.15, 0.2) is 0 Å². The Morgan fingerprint density at radius 3 is 2.50 bits per heavy atom. The number of ether oxygens (including phenoxy) is 2. The van der Waals surface area contributed by atoms with Gasteiger partial charge in [-0.2, -0.15) is 0 Å². The summed E-state index contributed by atoms with van der Waals surface area (Å²) in [6, 6.07) is 4.86. The van der Waals surface area contributed by atoms with Gasteiger partial charge in [0.05, 0.1) is 24.5 Å². The molecular formula is C15H21NO4. The van der Waals surface area contributed by atoms with Crippen molar-refractivity contribution in [2.75, 3.05) is 18.5 Å². The van der Waals surface area contributed by atoms with Crippen LogP contribution in [-0.2, 0) is 9.53 Å². The second-order valence-corrected chi connectivity index (χ2v) is 4.16. The van der Waals surface area contributed by atoms with Crippen LogP contribution in [0.15, 0.2) is 18.2 Å². The Morgan fingerprint density at radius 1 is 1.15 bits per heavy atom. The van der Waals surface area contributed by atoms with E-state index in [4.69, 9.17) is 9.47 Å². The molecule has 1 aromatic carbocycles. The Kier molecular flexibility index (Phi) is 6.56. The van der Waals surface area contributed by atoms with Gasteiger partial charge in [-0.15, -0.1) is 0 Å². The zero-order valence-electron chi connectivity index (χ0n) is 12.2. The lowest BCUT2D eigenvalue weighted by molar-refractivity contribution is -0.116. The van der Waals surface area contributed by atoms with Gasteiger partial charge in [-0.1, -0.05) is 6.92 Å². The predicted octanol–water partition coefficient (Wildman–Crippen LogP) is 3.00. The molecule has 0 aliphatic carbocycles. The van der Waals surface area contributed by atoms with Crippen LogP contribution in [0.1, 0.15) is 44.0 Å². The molecule has 0 spiro atoms. The maximum atomic E-state index is 11.7. The highest BCUT2D eigenvalue weighted by atomic mass is 16.5. The highest BCUT2D eigenvalue weighted by Gasteiger charge is 2.13. The molecule has 0 saturated heterocycles. The summed E-state index contributed by atoms with van der Waals surface area (Å²) in [7, 11) is 0. The Hall–Kier alpha value is -2.04. The molecule has 0 aromatic heterocycles. The first-order valence-electron chi connectivity index (χ1n) is 6.86. The molecule has 5 heteroatoms. The van der Waals surface area contributed by atoms with Crippen molar-refractivity contribution in [2.45, 2.75) is 33.6 Å². The molecule has 0 atom stereocenters. The fourth-order valence-electron chi connectivity index (χ4n) is 1.68. The maximum absolute atomic E-state index is 11.7. The number of hydrogen-bond donors (Lipinski definition) is 1. The van der Waals surface area contributed by atoms with Gasteiger partial charge in [-0.05, 0) is 38.5 Å². The Balaban J connectivity index is 2.95. The zero-order chi connectivity index (χ0) is 15.0. The van der Waals surface area contributed by atoms with Crippen molar-refractivity contribution in [2.24, 2.45) is 0 Å². The lowest BCUT2D eigenvalue weighted by atomic mass is 10.2. The number of carbonyl (C=O) groups is 2. The molecule has 1 rings (SSSR count). The standard InChI is InChI=1S/C15H21NO4/c1-4-7-14(17)16-12-9-8-11(15(18)20-6-3)10-13(12)19-5-2/h8-10H,4-7H2,1-3H3,(H,16,17). The summed E-state index contributed by atoms with van der Waals surface area (Å²) < 4.78 is 10.4. The van der Waals surface area contributed by atoms with Crippen LogP contribution in [0, 0.1) is 0 Å². The van der Waals surface area contributed by atoms with Crippen molar-refractivity contribution in [1.29, 1.82) is 0 Å². The van der Waals surface area contributed by atoms with Crippen LogP contribution in [0.2, 0.25) is 0 Å². The second kappa shape index (κ2) is 8.19. The number of amides is 1. The van der Waals surface area contributed by atoms with Crippen molar-refractivity contribution < 1.29 is 19.1 Å². The third-order valence-electron chi connectivity index (χ3n) is 2.54. The van der Waals surface area contributed by atoms with Gasteiger partial charge in [0, 0.05) is 6.42 Å². The minimum absolute atomic E-state index is 0.0719. The largest absolute Gasteiger partial charge is 0.492 e.